The fourth-order valence-electron chi connectivity index (χ4n) is 3.76. The molecule has 1 aliphatic rings. The molecule has 0 aliphatic carbocycles. The van der Waals surface area contributed by atoms with Crippen LogP contribution in [0.15, 0.2) is 48.7 Å². The number of nitrogens with zero attached hydrogens (tertiary/aromatic N) is 3. The Morgan fingerprint density at radius 3 is 2.66 bits per heavy atom. The Hall–Kier alpha value is -2.73. The third kappa shape index (κ3) is 5.41. The predicted molar refractivity (Wildman–Crippen MR) is 113 cm³/mol. The van der Waals surface area contributed by atoms with Crippen molar-refractivity contribution in [1.82, 2.24) is 20.1 Å². The molecular weight excluding hydrogens is 364 g/mol. The van der Waals surface area contributed by atoms with Gasteiger partial charge in [0.15, 0.2) is 0 Å². The second kappa shape index (κ2) is 9.65. The Labute approximate surface area is 172 Å². The number of aryl methyl sites for hydroxylation is 1. The van der Waals surface area contributed by atoms with Gasteiger partial charge in [0.1, 0.15) is 0 Å². The lowest BCUT2D eigenvalue weighted by molar-refractivity contribution is -0.140. The van der Waals surface area contributed by atoms with Gasteiger partial charge in [-0.3, -0.25) is 19.5 Å². The number of nitrogens with one attached hydrogen (secondary N) is 1. The molecule has 6 heteroatoms. The highest BCUT2D eigenvalue weighted by molar-refractivity contribution is 5.88. The normalized spacial score (nSPS) is 17.2. The summed E-state index contributed by atoms with van der Waals surface area (Å²) in [6, 6.07) is 13.6. The predicted octanol–water partition coefficient (Wildman–Crippen LogP) is 2.52. The van der Waals surface area contributed by atoms with Crippen molar-refractivity contribution in [3.8, 4) is 0 Å². The minimum Gasteiger partial charge on any atom is -0.353 e. The third-order valence-electron chi connectivity index (χ3n) is 5.43. The van der Waals surface area contributed by atoms with Gasteiger partial charge in [-0.15, -0.1) is 0 Å². The molecule has 3 rings (SSSR count). The first-order chi connectivity index (χ1) is 14.0. The van der Waals surface area contributed by atoms with Crippen LogP contribution in [0, 0.1) is 6.92 Å². The fourth-order valence-corrected chi connectivity index (χ4v) is 3.76. The molecule has 1 aliphatic heterocycles. The van der Waals surface area contributed by atoms with E-state index in [1.165, 1.54) is 0 Å². The van der Waals surface area contributed by atoms with E-state index in [0.717, 1.165) is 23.4 Å². The van der Waals surface area contributed by atoms with Gasteiger partial charge in [-0.2, -0.15) is 0 Å². The lowest BCUT2D eigenvalue weighted by Crippen LogP contribution is -2.58. The van der Waals surface area contributed by atoms with Gasteiger partial charge >= 0.3 is 0 Å². The zero-order valence-corrected chi connectivity index (χ0v) is 17.5. The molecule has 0 bridgehead atoms. The van der Waals surface area contributed by atoms with Crippen molar-refractivity contribution in [3.05, 3.63) is 65.5 Å². The van der Waals surface area contributed by atoms with E-state index in [-0.39, 0.29) is 24.3 Å². The van der Waals surface area contributed by atoms with Crippen molar-refractivity contribution in [2.75, 3.05) is 13.1 Å². The van der Waals surface area contributed by atoms with Gasteiger partial charge in [0.05, 0.1) is 24.7 Å². The summed E-state index contributed by atoms with van der Waals surface area (Å²) in [7, 11) is 0. The average Bonchev–Trinajstić information content (AvgIpc) is 2.71. The smallest absolute Gasteiger partial charge is 0.237 e. The van der Waals surface area contributed by atoms with Crippen molar-refractivity contribution in [1.29, 1.82) is 0 Å². The summed E-state index contributed by atoms with van der Waals surface area (Å²) in [5, 5.41) is 2.91. The molecule has 6 nitrogen and oxygen atoms in total. The summed E-state index contributed by atoms with van der Waals surface area (Å²) in [5.41, 5.74) is 2.99. The van der Waals surface area contributed by atoms with E-state index < -0.39 is 6.04 Å². The summed E-state index contributed by atoms with van der Waals surface area (Å²) < 4.78 is 0. The van der Waals surface area contributed by atoms with Crippen LogP contribution in [0.4, 0.5) is 0 Å². The molecular formula is C23H30N4O2. The molecule has 1 N–H and O–H groups in total. The first-order valence-corrected chi connectivity index (χ1v) is 10.2. The highest BCUT2D eigenvalue weighted by Crippen LogP contribution is 2.18. The number of carbonyl (C=O) groups excluding carboxylic acids is 2. The van der Waals surface area contributed by atoms with Crippen LogP contribution in [0.3, 0.4) is 0 Å². The van der Waals surface area contributed by atoms with Crippen LogP contribution < -0.4 is 5.32 Å². The number of hydrogen-bond donors (Lipinski definition) is 1. The van der Waals surface area contributed by atoms with Crippen molar-refractivity contribution in [3.63, 3.8) is 0 Å². The first-order valence-electron chi connectivity index (χ1n) is 10.2. The Morgan fingerprint density at radius 1 is 1.21 bits per heavy atom. The lowest BCUT2D eigenvalue weighted by Gasteiger charge is -2.38. The molecule has 1 unspecified atom stereocenters. The highest BCUT2D eigenvalue weighted by Gasteiger charge is 2.34. The topological polar surface area (TPSA) is 65.5 Å². The molecule has 29 heavy (non-hydrogen) atoms. The number of aromatic nitrogens is 1. The standard InChI is InChI=1S/C23H30N4O2/c1-17(2)27-13-12-25-23(29)21(27)14-22(28)26(15-19-9-5-4-6-10-19)16-20-18(3)8-7-11-24-20/h4-11,17,21H,12-16H2,1-3H3,(H,25,29). The van der Waals surface area contributed by atoms with Gasteiger partial charge < -0.3 is 10.2 Å². The molecule has 2 aromatic rings. The molecule has 1 saturated heterocycles. The van der Waals surface area contributed by atoms with E-state index >= 15 is 0 Å². The van der Waals surface area contributed by atoms with Gasteiger partial charge in [-0.25, -0.2) is 0 Å². The number of amides is 2. The Morgan fingerprint density at radius 2 is 1.97 bits per heavy atom. The van der Waals surface area contributed by atoms with Crippen LogP contribution in [-0.2, 0) is 22.7 Å². The maximum atomic E-state index is 13.3. The summed E-state index contributed by atoms with van der Waals surface area (Å²) >= 11 is 0. The number of carbonyl (C=O) groups is 2. The van der Waals surface area contributed by atoms with E-state index in [9.17, 15) is 9.59 Å². The van der Waals surface area contributed by atoms with Gasteiger partial charge in [0.25, 0.3) is 0 Å². The summed E-state index contributed by atoms with van der Waals surface area (Å²) in [4.78, 5) is 34.2. The Kier molecular flexibility index (Phi) is 6.99. The fraction of sp³-hybridized carbons (Fsp3) is 0.435. The zero-order chi connectivity index (χ0) is 20.8. The quantitative estimate of drug-likeness (QED) is 0.784. The molecule has 2 heterocycles. The summed E-state index contributed by atoms with van der Waals surface area (Å²) in [6.07, 6.45) is 1.92. The molecule has 1 fully saturated rings. The van der Waals surface area contributed by atoms with Crippen LogP contribution >= 0.6 is 0 Å². The van der Waals surface area contributed by atoms with Crippen LogP contribution in [0.25, 0.3) is 0 Å². The second-order valence-corrected chi connectivity index (χ2v) is 7.84. The van der Waals surface area contributed by atoms with E-state index in [2.05, 4.69) is 29.0 Å². The zero-order valence-electron chi connectivity index (χ0n) is 17.5. The number of pyridine rings is 1. The second-order valence-electron chi connectivity index (χ2n) is 7.84. The van der Waals surface area contributed by atoms with Crippen molar-refractivity contribution < 1.29 is 9.59 Å². The average molecular weight is 395 g/mol. The summed E-state index contributed by atoms with van der Waals surface area (Å²) in [6.45, 7) is 8.44. The minimum absolute atomic E-state index is 0.0355. The molecule has 154 valence electrons. The molecule has 1 atom stereocenters. The molecule has 1 aromatic carbocycles. The summed E-state index contributed by atoms with van der Waals surface area (Å²) in [5.74, 6) is -0.0985. The third-order valence-corrected chi connectivity index (χ3v) is 5.43. The van der Waals surface area contributed by atoms with Gasteiger partial charge in [-0.05, 0) is 38.0 Å². The van der Waals surface area contributed by atoms with Crippen LogP contribution in [-0.4, -0.2) is 51.8 Å². The van der Waals surface area contributed by atoms with Crippen LogP contribution in [0.5, 0.6) is 0 Å². The van der Waals surface area contributed by atoms with E-state index in [0.29, 0.717) is 19.6 Å². The van der Waals surface area contributed by atoms with Crippen molar-refractivity contribution in [2.45, 2.75) is 52.4 Å². The lowest BCUT2D eigenvalue weighted by atomic mass is 10.0. The highest BCUT2D eigenvalue weighted by atomic mass is 16.2. The number of benzene rings is 1. The number of rotatable bonds is 7. The number of hydrogen-bond acceptors (Lipinski definition) is 4. The van der Waals surface area contributed by atoms with Crippen molar-refractivity contribution in [2.24, 2.45) is 0 Å². The SMILES string of the molecule is Cc1cccnc1CN(Cc1ccccc1)C(=O)CC1C(=O)NCCN1C(C)C. The minimum atomic E-state index is -0.431. The first kappa shape index (κ1) is 21.0. The van der Waals surface area contributed by atoms with E-state index in [1.54, 1.807) is 6.20 Å². The monoisotopic (exact) mass is 394 g/mol. The van der Waals surface area contributed by atoms with Crippen LogP contribution in [0.1, 0.15) is 37.1 Å². The molecule has 1 aromatic heterocycles. The maximum Gasteiger partial charge on any atom is 0.237 e. The van der Waals surface area contributed by atoms with Gasteiger partial charge in [0, 0.05) is 31.9 Å². The molecule has 0 saturated carbocycles. The van der Waals surface area contributed by atoms with E-state index in [4.69, 9.17) is 0 Å². The van der Waals surface area contributed by atoms with E-state index in [1.807, 2.05) is 54.3 Å². The Bertz CT molecular complexity index is 838. The molecule has 0 radical (unpaired) electrons. The largest absolute Gasteiger partial charge is 0.353 e. The van der Waals surface area contributed by atoms with Crippen molar-refractivity contribution >= 4 is 11.8 Å². The maximum absolute atomic E-state index is 13.3. The number of piperazine rings is 1. The van der Waals surface area contributed by atoms with Gasteiger partial charge in [0.2, 0.25) is 11.8 Å². The Balaban J connectivity index is 1.81. The molecule has 2 amide bonds. The van der Waals surface area contributed by atoms with Gasteiger partial charge in [-0.1, -0.05) is 36.4 Å². The molecule has 0 spiro atoms. The van der Waals surface area contributed by atoms with Crippen LogP contribution in [0.2, 0.25) is 0 Å².